The second kappa shape index (κ2) is 6.53. The molecule has 1 aliphatic rings. The molecule has 1 aromatic carbocycles. The third kappa shape index (κ3) is 3.76. The molecule has 24 heavy (non-hydrogen) atoms. The summed E-state index contributed by atoms with van der Waals surface area (Å²) in [6.45, 7) is 0.651. The molecule has 0 amide bonds. The monoisotopic (exact) mass is 336 g/mol. The van der Waals surface area contributed by atoms with Crippen LogP contribution in [0.15, 0.2) is 48.8 Å². The molecule has 3 nitrogen and oxygen atoms in total. The summed E-state index contributed by atoms with van der Waals surface area (Å²) < 4.78 is 39.0. The summed E-state index contributed by atoms with van der Waals surface area (Å²) in [7, 11) is 0. The summed E-state index contributed by atoms with van der Waals surface area (Å²) in [6.07, 6.45) is 0.735. The number of aliphatic hydroxyl groups excluding tert-OH is 1. The van der Waals surface area contributed by atoms with Crippen LogP contribution in [-0.2, 0) is 6.18 Å². The number of halogens is 3. The van der Waals surface area contributed by atoms with Gasteiger partial charge in [0.25, 0.3) is 0 Å². The lowest BCUT2D eigenvalue weighted by Gasteiger charge is -2.23. The first-order valence-corrected chi connectivity index (χ1v) is 7.85. The third-order valence-corrected chi connectivity index (χ3v) is 4.56. The number of hydrogen-bond acceptors (Lipinski definition) is 3. The van der Waals surface area contributed by atoms with Gasteiger partial charge in [0.15, 0.2) is 0 Å². The highest BCUT2D eigenvalue weighted by molar-refractivity contribution is 5.34. The van der Waals surface area contributed by atoms with Gasteiger partial charge in [-0.1, -0.05) is 12.1 Å². The van der Waals surface area contributed by atoms with Gasteiger partial charge in [0.1, 0.15) is 0 Å². The van der Waals surface area contributed by atoms with E-state index in [1.807, 2.05) is 0 Å². The molecule has 0 spiro atoms. The van der Waals surface area contributed by atoms with Gasteiger partial charge in [0.05, 0.1) is 11.6 Å². The number of aromatic nitrogens is 1. The Morgan fingerprint density at radius 2 is 1.83 bits per heavy atom. The fraction of sp³-hybridized carbons (Fsp3) is 0.389. The molecule has 3 rings (SSSR count). The van der Waals surface area contributed by atoms with Crippen LogP contribution in [0, 0.1) is 5.41 Å². The molecule has 1 aromatic heterocycles. The number of nitrogens with zero attached hydrogens (tertiary/aromatic N) is 1. The highest BCUT2D eigenvalue weighted by Gasteiger charge is 2.42. The van der Waals surface area contributed by atoms with E-state index in [0.29, 0.717) is 12.1 Å². The first kappa shape index (κ1) is 16.9. The van der Waals surface area contributed by atoms with Crippen LogP contribution in [0.2, 0.25) is 0 Å². The van der Waals surface area contributed by atoms with Gasteiger partial charge in [0.2, 0.25) is 0 Å². The van der Waals surface area contributed by atoms with E-state index in [-0.39, 0.29) is 18.1 Å². The van der Waals surface area contributed by atoms with Gasteiger partial charge in [-0.15, -0.1) is 0 Å². The van der Waals surface area contributed by atoms with Crippen LogP contribution in [0.3, 0.4) is 0 Å². The molecule has 1 unspecified atom stereocenters. The van der Waals surface area contributed by atoms with Gasteiger partial charge in [-0.25, -0.2) is 0 Å². The molecule has 1 fully saturated rings. The Morgan fingerprint density at radius 3 is 2.42 bits per heavy atom. The Morgan fingerprint density at radius 1 is 1.12 bits per heavy atom. The van der Waals surface area contributed by atoms with Gasteiger partial charge in [-0.05, 0) is 48.2 Å². The van der Waals surface area contributed by atoms with Crippen molar-refractivity contribution in [1.82, 2.24) is 10.3 Å². The Balaban J connectivity index is 1.90. The van der Waals surface area contributed by atoms with Crippen LogP contribution in [-0.4, -0.2) is 23.2 Å². The zero-order valence-corrected chi connectivity index (χ0v) is 13.1. The summed E-state index contributed by atoms with van der Waals surface area (Å²) in [5.74, 6) is 0. The summed E-state index contributed by atoms with van der Waals surface area (Å²) in [4.78, 5) is 3.97. The quantitative estimate of drug-likeness (QED) is 0.848. The number of benzene rings is 1. The zero-order valence-electron chi connectivity index (χ0n) is 13.1. The average Bonchev–Trinajstić information content (AvgIpc) is 3.36. The largest absolute Gasteiger partial charge is 0.416 e. The van der Waals surface area contributed by atoms with E-state index in [9.17, 15) is 18.3 Å². The van der Waals surface area contributed by atoms with Crippen LogP contribution in [0.25, 0.3) is 0 Å². The van der Waals surface area contributed by atoms with Gasteiger partial charge in [0, 0.05) is 31.0 Å². The van der Waals surface area contributed by atoms with E-state index in [2.05, 4.69) is 10.3 Å². The van der Waals surface area contributed by atoms with E-state index in [4.69, 9.17) is 0 Å². The van der Waals surface area contributed by atoms with E-state index in [0.717, 1.165) is 24.5 Å². The summed E-state index contributed by atoms with van der Waals surface area (Å²) in [5, 5.41) is 12.8. The lowest BCUT2D eigenvalue weighted by Crippen LogP contribution is -2.31. The van der Waals surface area contributed by atoms with Gasteiger partial charge >= 0.3 is 6.18 Å². The van der Waals surface area contributed by atoms with Crippen molar-refractivity contribution in [1.29, 1.82) is 0 Å². The fourth-order valence-electron chi connectivity index (χ4n) is 2.76. The van der Waals surface area contributed by atoms with Crippen molar-refractivity contribution in [3.8, 4) is 0 Å². The van der Waals surface area contributed by atoms with Gasteiger partial charge in [-0.2, -0.15) is 13.2 Å². The predicted molar refractivity (Wildman–Crippen MR) is 84.3 cm³/mol. The van der Waals surface area contributed by atoms with Crippen LogP contribution in [0.5, 0.6) is 0 Å². The van der Waals surface area contributed by atoms with E-state index < -0.39 is 11.7 Å². The van der Waals surface area contributed by atoms with Crippen molar-refractivity contribution in [3.05, 3.63) is 65.5 Å². The van der Waals surface area contributed by atoms with Crippen LogP contribution in [0.1, 0.15) is 35.6 Å². The van der Waals surface area contributed by atoms with Gasteiger partial charge in [-0.3, -0.25) is 4.98 Å². The van der Waals surface area contributed by atoms with Crippen LogP contribution < -0.4 is 5.32 Å². The lowest BCUT2D eigenvalue weighted by molar-refractivity contribution is -0.137. The number of nitrogens with one attached hydrogen (secondary N) is 1. The number of rotatable bonds is 6. The molecule has 6 heteroatoms. The lowest BCUT2D eigenvalue weighted by atomic mass is 9.96. The zero-order chi connectivity index (χ0) is 17.2. The number of pyridine rings is 1. The number of hydrogen-bond donors (Lipinski definition) is 2. The molecule has 1 atom stereocenters. The molecule has 2 N–H and O–H groups in total. The minimum absolute atomic E-state index is 0.0889. The summed E-state index contributed by atoms with van der Waals surface area (Å²) >= 11 is 0. The first-order valence-electron chi connectivity index (χ1n) is 7.85. The second-order valence-corrected chi connectivity index (χ2v) is 6.38. The van der Waals surface area contributed by atoms with Crippen LogP contribution in [0.4, 0.5) is 13.2 Å². The molecule has 128 valence electrons. The van der Waals surface area contributed by atoms with Crippen molar-refractivity contribution >= 4 is 0 Å². The number of alkyl halides is 3. The normalized spacial score (nSPS) is 17.5. The second-order valence-electron chi connectivity index (χ2n) is 6.38. The molecule has 0 radical (unpaired) electrons. The number of aliphatic hydroxyl groups is 1. The third-order valence-electron chi connectivity index (χ3n) is 4.56. The van der Waals surface area contributed by atoms with Crippen molar-refractivity contribution in [2.24, 2.45) is 5.41 Å². The SMILES string of the molecule is OCC1(CNC(c2ccncc2)c2cccc(C(F)(F)F)c2)CC1. The topological polar surface area (TPSA) is 45.1 Å². The van der Waals surface area contributed by atoms with E-state index in [1.54, 1.807) is 30.6 Å². The van der Waals surface area contributed by atoms with Crippen molar-refractivity contribution < 1.29 is 18.3 Å². The van der Waals surface area contributed by atoms with Crippen molar-refractivity contribution in [2.75, 3.05) is 13.2 Å². The molecule has 1 heterocycles. The molecule has 0 bridgehead atoms. The fourth-order valence-corrected chi connectivity index (χ4v) is 2.76. The first-order chi connectivity index (χ1) is 11.4. The smallest absolute Gasteiger partial charge is 0.396 e. The standard InChI is InChI=1S/C18H19F3N2O/c19-18(20,21)15-3-1-2-14(10-15)16(13-4-8-22-9-5-13)23-11-17(12-24)6-7-17/h1-5,8-10,16,23-24H,6-7,11-12H2. The average molecular weight is 336 g/mol. The highest BCUT2D eigenvalue weighted by Crippen LogP contribution is 2.45. The minimum atomic E-state index is -4.37. The van der Waals surface area contributed by atoms with Gasteiger partial charge < -0.3 is 10.4 Å². The Labute approximate surface area is 138 Å². The molecule has 0 aliphatic heterocycles. The molecule has 0 saturated heterocycles. The Kier molecular flexibility index (Phi) is 4.60. The summed E-state index contributed by atoms with van der Waals surface area (Å²) in [6, 6.07) is 8.56. The summed E-state index contributed by atoms with van der Waals surface area (Å²) in [5.41, 5.74) is 0.597. The highest BCUT2D eigenvalue weighted by atomic mass is 19.4. The Bertz CT molecular complexity index is 684. The van der Waals surface area contributed by atoms with Crippen molar-refractivity contribution in [2.45, 2.75) is 25.1 Å². The van der Waals surface area contributed by atoms with E-state index >= 15 is 0 Å². The van der Waals surface area contributed by atoms with Crippen molar-refractivity contribution in [3.63, 3.8) is 0 Å². The molecule has 2 aromatic rings. The molecule has 1 saturated carbocycles. The molecule has 1 aliphatic carbocycles. The molecular formula is C18H19F3N2O. The predicted octanol–water partition coefficient (Wildman–Crippen LogP) is 3.55. The Hall–Kier alpha value is -1.92. The maximum absolute atomic E-state index is 13.0. The maximum Gasteiger partial charge on any atom is 0.416 e. The van der Waals surface area contributed by atoms with Crippen LogP contribution >= 0.6 is 0 Å². The van der Waals surface area contributed by atoms with E-state index in [1.165, 1.54) is 12.1 Å². The maximum atomic E-state index is 13.0. The molecular weight excluding hydrogens is 317 g/mol. The minimum Gasteiger partial charge on any atom is -0.396 e.